The number of nitriles is 1. The van der Waals surface area contributed by atoms with Crippen molar-refractivity contribution in [3.05, 3.63) is 117 Å². The molecule has 4 aromatic rings. The van der Waals surface area contributed by atoms with Crippen LogP contribution in [0.15, 0.2) is 83.1 Å². The number of esters is 1. The molecule has 2 aromatic heterocycles. The Morgan fingerprint density at radius 3 is 2.64 bits per heavy atom. The lowest BCUT2D eigenvalue weighted by molar-refractivity contribution is -0.697. The van der Waals surface area contributed by atoms with Gasteiger partial charge in [0.1, 0.15) is 12.6 Å². The fourth-order valence-corrected chi connectivity index (χ4v) is 5.50. The number of benzene rings is 2. The number of H-pyrrole nitrogens is 1. The molecule has 0 spiro atoms. The maximum Gasteiger partial charge on any atom is 0.416 e. The van der Waals surface area contributed by atoms with E-state index in [0.717, 1.165) is 17.7 Å². The fourth-order valence-electron chi connectivity index (χ4n) is 5.50. The maximum atomic E-state index is 13.6. The van der Waals surface area contributed by atoms with Gasteiger partial charge in [-0.05, 0) is 60.9 Å². The Balaban J connectivity index is 0.00000160. The number of methoxy groups -OCH3 is 1. The summed E-state index contributed by atoms with van der Waals surface area (Å²) in [5, 5.41) is 33.9. The minimum absolute atomic E-state index is 0.0174. The number of carbonyl (C=O) groups is 2. The van der Waals surface area contributed by atoms with Crippen molar-refractivity contribution in [2.45, 2.75) is 45.1 Å². The largest absolute Gasteiger partial charge is 0.554 e. The second kappa shape index (κ2) is 14.6. The predicted molar refractivity (Wildman–Crippen MR) is 157 cm³/mol. The van der Waals surface area contributed by atoms with Crippen LogP contribution in [0.25, 0.3) is 0 Å². The molecule has 0 unspecified atom stereocenters. The highest BCUT2D eigenvalue weighted by Crippen LogP contribution is 2.43. The SMILES string of the molecule is COC(=O)C1=C(C)N(c2cccc(C(F)(F)F)c2)c2n[nH]c(=O)n2[C@@H]1c1ccc(C#N)cc1CCC[n+]1cccc(CO)c1.O=C[O-]. The zero-order valence-corrected chi connectivity index (χ0v) is 25.2. The van der Waals surface area contributed by atoms with Crippen molar-refractivity contribution in [1.29, 1.82) is 5.26 Å². The lowest BCUT2D eigenvalue weighted by atomic mass is 9.88. The van der Waals surface area contributed by atoms with Crippen LogP contribution < -0.4 is 20.3 Å². The zero-order valence-electron chi connectivity index (χ0n) is 25.2. The van der Waals surface area contributed by atoms with Crippen molar-refractivity contribution in [2.75, 3.05) is 12.0 Å². The van der Waals surface area contributed by atoms with Crippen LogP contribution in [-0.2, 0) is 40.1 Å². The van der Waals surface area contributed by atoms with Crippen LogP contribution >= 0.6 is 0 Å². The summed E-state index contributed by atoms with van der Waals surface area (Å²) in [6, 6.07) is 14.1. The molecule has 0 aliphatic carbocycles. The van der Waals surface area contributed by atoms with Crippen LogP contribution in [0.4, 0.5) is 24.8 Å². The van der Waals surface area contributed by atoms with E-state index in [9.17, 15) is 33.1 Å². The number of halogens is 3. The summed E-state index contributed by atoms with van der Waals surface area (Å²) in [6.45, 7) is 1.53. The molecule has 47 heavy (non-hydrogen) atoms. The first-order chi connectivity index (χ1) is 22.5. The molecule has 1 aliphatic rings. The normalized spacial score (nSPS) is 14.1. The van der Waals surface area contributed by atoms with Crippen LogP contribution in [0.5, 0.6) is 0 Å². The third-order valence-electron chi connectivity index (χ3n) is 7.51. The molecule has 5 rings (SSSR count). The van der Waals surface area contributed by atoms with E-state index in [-0.39, 0.29) is 29.5 Å². The first kappa shape index (κ1) is 34.1. The lowest BCUT2D eigenvalue weighted by Crippen LogP contribution is -2.38. The first-order valence-electron chi connectivity index (χ1n) is 14.1. The fraction of sp³-hybridized carbons (Fsp3) is 0.250. The second-order valence-corrected chi connectivity index (χ2v) is 10.3. The third-order valence-corrected chi connectivity index (χ3v) is 7.51. The van der Waals surface area contributed by atoms with Gasteiger partial charge in [-0.1, -0.05) is 12.1 Å². The van der Waals surface area contributed by atoms with E-state index in [4.69, 9.17) is 14.6 Å². The van der Waals surface area contributed by atoms with Crippen LogP contribution in [0.3, 0.4) is 0 Å². The number of ether oxygens (including phenoxy) is 1. The van der Waals surface area contributed by atoms with Gasteiger partial charge >= 0.3 is 17.8 Å². The number of aryl methyl sites for hydroxylation is 2. The summed E-state index contributed by atoms with van der Waals surface area (Å²) in [4.78, 5) is 36.2. The Morgan fingerprint density at radius 1 is 1.23 bits per heavy atom. The van der Waals surface area contributed by atoms with Crippen LogP contribution in [0.2, 0.25) is 0 Å². The number of rotatable bonds is 8. The Labute approximate surface area is 266 Å². The number of hydrogen-bond acceptors (Lipinski definition) is 9. The Morgan fingerprint density at radius 2 is 1.98 bits per heavy atom. The van der Waals surface area contributed by atoms with Crippen LogP contribution in [-0.4, -0.2) is 39.4 Å². The van der Waals surface area contributed by atoms with E-state index in [1.54, 1.807) is 31.2 Å². The zero-order chi connectivity index (χ0) is 34.3. The van der Waals surface area contributed by atoms with Gasteiger partial charge in [0.2, 0.25) is 5.95 Å². The molecule has 15 heteroatoms. The number of anilines is 2. The molecule has 1 atom stereocenters. The molecule has 3 heterocycles. The number of pyridine rings is 1. The molecule has 2 aromatic carbocycles. The summed E-state index contributed by atoms with van der Waals surface area (Å²) in [6.07, 6.45) is 0.124. The average molecular weight is 651 g/mol. The molecule has 244 valence electrons. The van der Waals surface area contributed by atoms with Gasteiger partial charge in [-0.15, -0.1) is 5.10 Å². The van der Waals surface area contributed by atoms with E-state index in [1.165, 1.54) is 28.7 Å². The summed E-state index contributed by atoms with van der Waals surface area (Å²) in [5.41, 5.74) is 1.03. The molecule has 0 saturated heterocycles. The molecular formula is C32H29F3N6O6. The predicted octanol–water partition coefficient (Wildman–Crippen LogP) is 2.43. The second-order valence-electron chi connectivity index (χ2n) is 10.3. The number of alkyl halides is 3. The number of fused-ring (bicyclic) bond motifs is 1. The number of carbonyl (C=O) groups excluding carboxylic acids is 2. The maximum absolute atomic E-state index is 13.6. The molecule has 0 amide bonds. The van der Waals surface area contributed by atoms with E-state index in [2.05, 4.69) is 16.3 Å². The first-order valence-corrected chi connectivity index (χ1v) is 14.1. The topological polar surface area (TPSA) is 168 Å². The van der Waals surface area contributed by atoms with Gasteiger partial charge in [0.25, 0.3) is 0 Å². The number of carboxylic acid groups (broad SMARTS) is 1. The highest BCUT2D eigenvalue weighted by molar-refractivity contribution is 5.93. The molecule has 1 aliphatic heterocycles. The number of aliphatic hydroxyl groups is 1. The smallest absolute Gasteiger partial charge is 0.416 e. The van der Waals surface area contributed by atoms with Crippen LogP contribution in [0.1, 0.15) is 47.2 Å². The lowest BCUT2D eigenvalue weighted by Gasteiger charge is -2.36. The molecule has 0 saturated carbocycles. The highest BCUT2D eigenvalue weighted by Gasteiger charge is 2.41. The Hall–Kier alpha value is -5.75. The molecular weight excluding hydrogens is 621 g/mol. The molecule has 0 bridgehead atoms. The number of hydrogen-bond donors (Lipinski definition) is 2. The number of allylic oxidation sites excluding steroid dienone is 1. The monoisotopic (exact) mass is 650 g/mol. The molecule has 0 fully saturated rings. The Bertz CT molecular complexity index is 1910. The van der Waals surface area contributed by atoms with Gasteiger partial charge in [-0.2, -0.15) is 18.4 Å². The number of aliphatic hydroxyl groups excluding tert-OH is 1. The van der Waals surface area contributed by atoms with E-state index >= 15 is 0 Å². The van der Waals surface area contributed by atoms with Crippen molar-refractivity contribution >= 4 is 24.1 Å². The van der Waals surface area contributed by atoms with Gasteiger partial charge in [-0.25, -0.2) is 23.8 Å². The number of nitrogens with zero attached hydrogens (tertiary/aromatic N) is 5. The number of aromatic amines is 1. The minimum atomic E-state index is -4.63. The van der Waals surface area contributed by atoms with Crippen molar-refractivity contribution in [1.82, 2.24) is 14.8 Å². The molecule has 12 nitrogen and oxygen atoms in total. The molecule has 2 N–H and O–H groups in total. The van der Waals surface area contributed by atoms with Gasteiger partial charge < -0.3 is 19.7 Å². The van der Waals surface area contributed by atoms with Gasteiger partial charge in [0, 0.05) is 35.9 Å². The third kappa shape index (κ3) is 7.23. The van der Waals surface area contributed by atoms with E-state index < -0.39 is 35.9 Å². The summed E-state index contributed by atoms with van der Waals surface area (Å²) >= 11 is 0. The number of nitrogens with one attached hydrogen (secondary N) is 1. The van der Waals surface area contributed by atoms with E-state index in [0.29, 0.717) is 36.1 Å². The van der Waals surface area contributed by atoms with Gasteiger partial charge in [0.15, 0.2) is 12.4 Å². The van der Waals surface area contributed by atoms with Gasteiger partial charge in [-0.3, -0.25) is 4.90 Å². The molecule has 0 radical (unpaired) electrons. The summed E-state index contributed by atoms with van der Waals surface area (Å²) < 4.78 is 49.1. The van der Waals surface area contributed by atoms with Crippen molar-refractivity contribution in [3.63, 3.8) is 0 Å². The minimum Gasteiger partial charge on any atom is -0.554 e. The van der Waals surface area contributed by atoms with Crippen LogP contribution in [0, 0.1) is 11.3 Å². The summed E-state index contributed by atoms with van der Waals surface area (Å²) in [5.74, 6) is -0.800. The average Bonchev–Trinajstić information content (AvgIpc) is 3.44. The van der Waals surface area contributed by atoms with Crippen molar-refractivity contribution in [2.24, 2.45) is 0 Å². The van der Waals surface area contributed by atoms with Crippen molar-refractivity contribution < 1.29 is 42.3 Å². The standard InChI is InChI=1S/C31H27F3N6O4.CH2O2/c1-19-26(28(42)44-2)27(40-29(36-37-30(40)43)39(19)24-9-3-8-23(15-24)31(32,33)34)25-11-10-20(16-35)14-22(25)7-5-13-38-12-4-6-21(17-38)18-41;2-1-3/h3-4,6,8-12,14-15,17,27,41H,5,7,13,18H2,1-2H3;1H,(H,2,3)/t27-;/m1./s1. The summed E-state index contributed by atoms with van der Waals surface area (Å²) in [7, 11) is 1.18. The van der Waals surface area contributed by atoms with Gasteiger partial charge in [0.05, 0.1) is 36.5 Å². The highest BCUT2D eigenvalue weighted by atomic mass is 19.4. The quantitative estimate of drug-likeness (QED) is 0.165. The van der Waals surface area contributed by atoms with E-state index in [1.807, 2.05) is 23.0 Å². The van der Waals surface area contributed by atoms with Crippen molar-refractivity contribution in [3.8, 4) is 6.07 Å². The Kier molecular flexibility index (Phi) is 10.6. The number of aromatic nitrogens is 4.